The van der Waals surface area contributed by atoms with Crippen molar-refractivity contribution in [3.8, 4) is 0 Å². The molecular weight excluding hydrogens is 234 g/mol. The maximum atomic E-state index is 8.86. The van der Waals surface area contributed by atoms with Gasteiger partial charge >= 0.3 is 0 Å². The van der Waals surface area contributed by atoms with E-state index in [4.69, 9.17) is 20.1 Å². The van der Waals surface area contributed by atoms with Crippen LogP contribution in [0.25, 0.3) is 0 Å². The number of aliphatic hydroxyl groups is 1. The van der Waals surface area contributed by atoms with Crippen molar-refractivity contribution in [3.05, 3.63) is 11.7 Å². The molecule has 0 radical (unpaired) electrons. The predicted molar refractivity (Wildman–Crippen MR) is 64.7 cm³/mol. The average Bonchev–Trinajstić information content (AvgIpc) is 2.90. The third-order valence-corrected chi connectivity index (χ3v) is 3.66. The Morgan fingerprint density at radius 2 is 2.17 bits per heavy atom. The molecule has 1 aliphatic rings. The lowest BCUT2D eigenvalue weighted by Gasteiger charge is -2.32. The molecule has 6 heteroatoms. The Labute approximate surface area is 107 Å². The molecule has 1 aromatic rings. The van der Waals surface area contributed by atoms with Gasteiger partial charge in [0.25, 0.3) is 0 Å². The maximum absolute atomic E-state index is 8.86. The number of nitrogens with zero attached hydrogens (tertiary/aromatic N) is 2. The summed E-state index contributed by atoms with van der Waals surface area (Å²) in [5.41, 5.74) is 5.42. The molecule has 2 rings (SSSR count). The monoisotopic (exact) mass is 255 g/mol. The summed E-state index contributed by atoms with van der Waals surface area (Å²) in [6.45, 7) is 0.00823. The topological polar surface area (TPSA) is 94.4 Å². The molecule has 0 aliphatic heterocycles. The first-order valence-electron chi connectivity index (χ1n) is 6.47. The van der Waals surface area contributed by atoms with E-state index in [-0.39, 0.29) is 6.61 Å². The molecule has 1 heterocycles. The van der Waals surface area contributed by atoms with E-state index in [0.717, 1.165) is 25.7 Å². The molecule has 1 aliphatic carbocycles. The zero-order valence-electron chi connectivity index (χ0n) is 10.8. The summed E-state index contributed by atoms with van der Waals surface area (Å²) in [4.78, 5) is 4.36. The number of rotatable bonds is 5. The van der Waals surface area contributed by atoms with Crippen LogP contribution in [0.2, 0.25) is 0 Å². The highest BCUT2D eigenvalue weighted by molar-refractivity contribution is 5.04. The third kappa shape index (κ3) is 2.55. The fourth-order valence-corrected chi connectivity index (χ4v) is 2.48. The summed E-state index contributed by atoms with van der Waals surface area (Å²) in [6, 6.07) is -0.409. The fraction of sp³-hybridized carbons (Fsp3) is 0.833. The Balaban J connectivity index is 2.16. The highest BCUT2D eigenvalue weighted by Gasteiger charge is 2.38. The van der Waals surface area contributed by atoms with Gasteiger partial charge in [-0.05, 0) is 19.3 Å². The van der Waals surface area contributed by atoms with Crippen LogP contribution < -0.4 is 5.73 Å². The van der Waals surface area contributed by atoms with Crippen molar-refractivity contribution >= 4 is 0 Å². The molecule has 102 valence electrons. The predicted octanol–water partition coefficient (Wildman–Crippen LogP) is 1.26. The van der Waals surface area contributed by atoms with Crippen LogP contribution in [-0.4, -0.2) is 29.0 Å². The van der Waals surface area contributed by atoms with E-state index >= 15 is 0 Å². The van der Waals surface area contributed by atoms with Gasteiger partial charge in [0.2, 0.25) is 11.7 Å². The molecule has 6 nitrogen and oxygen atoms in total. The Morgan fingerprint density at radius 1 is 1.44 bits per heavy atom. The van der Waals surface area contributed by atoms with Crippen molar-refractivity contribution in [2.45, 2.75) is 50.2 Å². The Bertz CT molecular complexity index is 374. The SMILES string of the molecule is COC1(c2noc(C(N)CCO)n2)CCCCC1. The molecule has 1 saturated carbocycles. The van der Waals surface area contributed by atoms with Crippen molar-refractivity contribution in [1.82, 2.24) is 10.1 Å². The number of aromatic nitrogens is 2. The van der Waals surface area contributed by atoms with Crippen LogP contribution in [0.1, 0.15) is 56.3 Å². The van der Waals surface area contributed by atoms with Gasteiger partial charge < -0.3 is 20.1 Å². The third-order valence-electron chi connectivity index (χ3n) is 3.66. The highest BCUT2D eigenvalue weighted by atomic mass is 16.5. The molecule has 1 aromatic heterocycles. The van der Waals surface area contributed by atoms with E-state index in [1.807, 2.05) is 0 Å². The molecule has 0 amide bonds. The first-order valence-corrected chi connectivity index (χ1v) is 6.47. The summed E-state index contributed by atoms with van der Waals surface area (Å²) in [7, 11) is 1.69. The second-order valence-electron chi connectivity index (χ2n) is 4.83. The van der Waals surface area contributed by atoms with E-state index in [9.17, 15) is 0 Å². The van der Waals surface area contributed by atoms with Gasteiger partial charge in [0, 0.05) is 13.7 Å². The van der Waals surface area contributed by atoms with E-state index in [2.05, 4.69) is 10.1 Å². The number of nitrogens with two attached hydrogens (primary N) is 1. The molecule has 0 aromatic carbocycles. The van der Waals surface area contributed by atoms with Crippen LogP contribution in [0.15, 0.2) is 4.52 Å². The molecule has 0 saturated heterocycles. The number of aliphatic hydroxyl groups excluding tert-OH is 1. The molecule has 0 bridgehead atoms. The molecule has 0 spiro atoms. The summed E-state index contributed by atoms with van der Waals surface area (Å²) >= 11 is 0. The van der Waals surface area contributed by atoms with Crippen LogP contribution in [0.4, 0.5) is 0 Å². The summed E-state index contributed by atoms with van der Waals surface area (Å²) in [5.74, 6) is 0.967. The molecule has 1 unspecified atom stereocenters. The van der Waals surface area contributed by atoms with Gasteiger partial charge in [-0.1, -0.05) is 24.4 Å². The summed E-state index contributed by atoms with van der Waals surface area (Å²) in [6.07, 6.45) is 5.69. The second kappa shape index (κ2) is 5.77. The van der Waals surface area contributed by atoms with Crippen LogP contribution in [0, 0.1) is 0 Å². The van der Waals surface area contributed by atoms with Gasteiger partial charge in [0.15, 0.2) is 0 Å². The van der Waals surface area contributed by atoms with Crippen molar-refractivity contribution in [2.75, 3.05) is 13.7 Å². The Morgan fingerprint density at radius 3 is 2.78 bits per heavy atom. The minimum absolute atomic E-state index is 0.00823. The fourth-order valence-electron chi connectivity index (χ4n) is 2.48. The molecule has 18 heavy (non-hydrogen) atoms. The van der Waals surface area contributed by atoms with Crippen LogP contribution in [0.3, 0.4) is 0 Å². The van der Waals surface area contributed by atoms with E-state index < -0.39 is 11.6 Å². The molecule has 3 N–H and O–H groups in total. The minimum Gasteiger partial charge on any atom is -0.396 e. The van der Waals surface area contributed by atoms with Gasteiger partial charge in [0.05, 0.1) is 6.04 Å². The van der Waals surface area contributed by atoms with Crippen LogP contribution in [-0.2, 0) is 10.3 Å². The number of methoxy groups -OCH3 is 1. The average molecular weight is 255 g/mol. The lowest BCUT2D eigenvalue weighted by Crippen LogP contribution is -2.32. The van der Waals surface area contributed by atoms with Gasteiger partial charge in [0.1, 0.15) is 5.60 Å². The Kier molecular flexibility index (Phi) is 4.31. The summed E-state index contributed by atoms with van der Waals surface area (Å²) in [5, 5.41) is 12.9. The lowest BCUT2D eigenvalue weighted by molar-refractivity contribution is -0.0527. The van der Waals surface area contributed by atoms with E-state index in [1.165, 1.54) is 6.42 Å². The Hall–Kier alpha value is -0.980. The maximum Gasteiger partial charge on any atom is 0.243 e. The van der Waals surface area contributed by atoms with Crippen LogP contribution in [0.5, 0.6) is 0 Å². The normalized spacial score (nSPS) is 20.8. The molecular formula is C12H21N3O3. The molecule has 1 atom stereocenters. The van der Waals surface area contributed by atoms with Crippen molar-refractivity contribution in [1.29, 1.82) is 0 Å². The van der Waals surface area contributed by atoms with Crippen molar-refractivity contribution in [3.63, 3.8) is 0 Å². The lowest BCUT2D eigenvalue weighted by atomic mass is 9.84. The van der Waals surface area contributed by atoms with Crippen molar-refractivity contribution < 1.29 is 14.4 Å². The number of hydrogen-bond acceptors (Lipinski definition) is 6. The van der Waals surface area contributed by atoms with Gasteiger partial charge in [-0.25, -0.2) is 0 Å². The first-order chi connectivity index (χ1) is 8.72. The van der Waals surface area contributed by atoms with Gasteiger partial charge in [-0.15, -0.1) is 0 Å². The van der Waals surface area contributed by atoms with Gasteiger partial charge in [-0.3, -0.25) is 0 Å². The standard InChI is InChI=1S/C12H21N3O3/c1-17-12(6-3-2-4-7-12)11-14-10(18-15-11)9(13)5-8-16/h9,16H,2-8,13H2,1H3. The largest absolute Gasteiger partial charge is 0.396 e. The van der Waals surface area contributed by atoms with Crippen molar-refractivity contribution in [2.24, 2.45) is 5.73 Å². The number of ether oxygens (including phenoxy) is 1. The van der Waals surface area contributed by atoms with Crippen LogP contribution >= 0.6 is 0 Å². The van der Waals surface area contributed by atoms with E-state index in [1.54, 1.807) is 7.11 Å². The minimum atomic E-state index is -0.418. The first kappa shape index (κ1) is 13.5. The van der Waals surface area contributed by atoms with E-state index in [0.29, 0.717) is 18.1 Å². The zero-order chi connectivity index (χ0) is 13.0. The number of hydrogen-bond donors (Lipinski definition) is 2. The molecule has 1 fully saturated rings. The smallest absolute Gasteiger partial charge is 0.243 e. The second-order valence-corrected chi connectivity index (χ2v) is 4.83. The van der Waals surface area contributed by atoms with Gasteiger partial charge in [-0.2, -0.15) is 4.98 Å². The highest BCUT2D eigenvalue weighted by Crippen LogP contribution is 2.38. The zero-order valence-corrected chi connectivity index (χ0v) is 10.8. The summed E-state index contributed by atoms with van der Waals surface area (Å²) < 4.78 is 10.8. The quantitative estimate of drug-likeness (QED) is 0.822.